The van der Waals surface area contributed by atoms with Crippen LogP contribution in [0.2, 0.25) is 0 Å². The van der Waals surface area contributed by atoms with Crippen LogP contribution in [-0.2, 0) is 4.79 Å². The van der Waals surface area contributed by atoms with Crippen LogP contribution < -0.4 is 5.32 Å². The summed E-state index contributed by atoms with van der Waals surface area (Å²) in [4.78, 5) is 31.5. The number of nitrogens with zero attached hydrogens (tertiary/aromatic N) is 1. The topological polar surface area (TPSA) is 123 Å². The number of aliphatic carboxylic acids is 1. The number of nitro groups is 1. The van der Waals surface area contributed by atoms with E-state index in [1.54, 1.807) is 6.92 Å². The van der Waals surface area contributed by atoms with Gasteiger partial charge in [-0.1, -0.05) is 6.92 Å². The van der Waals surface area contributed by atoms with Gasteiger partial charge in [-0.2, -0.15) is 0 Å². The van der Waals surface area contributed by atoms with Crippen molar-refractivity contribution in [1.29, 1.82) is 0 Å². The van der Waals surface area contributed by atoms with Crippen LogP contribution in [0.25, 0.3) is 0 Å². The second-order valence-corrected chi connectivity index (χ2v) is 3.81. The fraction of sp³-hybridized carbons (Fsp3) is 0.400. The fourth-order valence-electron chi connectivity index (χ4n) is 1.27. The Morgan fingerprint density at radius 1 is 1.56 bits per heavy atom. The molecule has 0 spiro atoms. The highest BCUT2D eigenvalue weighted by atomic mass is 16.6. The molecule has 0 aromatic carbocycles. The van der Waals surface area contributed by atoms with Gasteiger partial charge in [0.25, 0.3) is 5.91 Å². The number of carboxylic acids is 1. The van der Waals surface area contributed by atoms with Crippen LogP contribution in [0.4, 0.5) is 5.88 Å². The molecule has 0 bridgehead atoms. The van der Waals surface area contributed by atoms with Crippen molar-refractivity contribution >= 4 is 17.8 Å². The van der Waals surface area contributed by atoms with Crippen molar-refractivity contribution in [3.63, 3.8) is 0 Å². The number of carbonyl (C=O) groups is 2. The Hall–Kier alpha value is -2.38. The summed E-state index contributed by atoms with van der Waals surface area (Å²) in [6.45, 7) is 1.82. The lowest BCUT2D eigenvalue weighted by atomic mass is 10.1. The van der Waals surface area contributed by atoms with Crippen LogP contribution in [-0.4, -0.2) is 28.5 Å². The Bertz CT molecular complexity index is 467. The maximum absolute atomic E-state index is 11.5. The van der Waals surface area contributed by atoms with Crippen LogP contribution in [0.15, 0.2) is 16.5 Å². The van der Waals surface area contributed by atoms with Gasteiger partial charge in [0.15, 0.2) is 5.76 Å². The predicted molar refractivity (Wildman–Crippen MR) is 59.1 cm³/mol. The van der Waals surface area contributed by atoms with Gasteiger partial charge in [0.05, 0.1) is 6.07 Å². The van der Waals surface area contributed by atoms with Crippen molar-refractivity contribution in [3.8, 4) is 0 Å². The largest absolute Gasteiger partial charge is 0.481 e. The van der Waals surface area contributed by atoms with Crippen LogP contribution in [0.1, 0.15) is 23.9 Å². The molecule has 1 aromatic rings. The molecule has 0 aliphatic heterocycles. The molecule has 8 nitrogen and oxygen atoms in total. The van der Waals surface area contributed by atoms with E-state index in [1.807, 2.05) is 0 Å². The van der Waals surface area contributed by atoms with E-state index in [9.17, 15) is 19.7 Å². The second-order valence-electron chi connectivity index (χ2n) is 3.81. The lowest BCUT2D eigenvalue weighted by molar-refractivity contribution is -0.402. The zero-order chi connectivity index (χ0) is 13.7. The summed E-state index contributed by atoms with van der Waals surface area (Å²) in [5, 5.41) is 21.3. The van der Waals surface area contributed by atoms with E-state index in [4.69, 9.17) is 9.52 Å². The Kier molecular flexibility index (Phi) is 4.41. The van der Waals surface area contributed by atoms with Crippen LogP contribution in [0.5, 0.6) is 0 Å². The zero-order valence-electron chi connectivity index (χ0n) is 9.58. The van der Waals surface area contributed by atoms with E-state index in [0.717, 1.165) is 6.07 Å². The number of furan rings is 1. The SMILES string of the molecule is CC(CNC(=O)c1ccc([N+](=O)[O-])o1)CC(=O)O. The minimum absolute atomic E-state index is 0.0709. The molecule has 2 N–H and O–H groups in total. The van der Waals surface area contributed by atoms with Gasteiger partial charge >= 0.3 is 11.9 Å². The van der Waals surface area contributed by atoms with Gasteiger partial charge in [0.1, 0.15) is 4.92 Å². The third-order valence-corrected chi connectivity index (χ3v) is 2.13. The number of rotatable bonds is 6. The highest BCUT2D eigenvalue weighted by Crippen LogP contribution is 2.15. The molecular formula is C10H12N2O6. The molecule has 8 heteroatoms. The first-order chi connectivity index (χ1) is 8.40. The average molecular weight is 256 g/mol. The van der Waals surface area contributed by atoms with Crippen molar-refractivity contribution in [1.82, 2.24) is 5.32 Å². The van der Waals surface area contributed by atoms with E-state index in [-0.39, 0.29) is 24.6 Å². The van der Waals surface area contributed by atoms with Crippen molar-refractivity contribution < 1.29 is 24.0 Å². The van der Waals surface area contributed by atoms with Gasteiger partial charge in [0, 0.05) is 13.0 Å². The summed E-state index contributed by atoms with van der Waals surface area (Å²) in [7, 11) is 0. The number of nitrogens with one attached hydrogen (secondary N) is 1. The molecule has 1 aromatic heterocycles. The van der Waals surface area contributed by atoms with Gasteiger partial charge in [-0.25, -0.2) is 0 Å². The molecule has 0 aliphatic carbocycles. The minimum atomic E-state index is -0.953. The maximum atomic E-state index is 11.5. The molecule has 0 fully saturated rings. The lowest BCUT2D eigenvalue weighted by Crippen LogP contribution is -2.28. The summed E-state index contributed by atoms with van der Waals surface area (Å²) in [6, 6.07) is 2.27. The molecule has 1 unspecified atom stereocenters. The Morgan fingerprint density at radius 2 is 2.22 bits per heavy atom. The Balaban J connectivity index is 2.49. The van der Waals surface area contributed by atoms with Gasteiger partial charge in [-0.15, -0.1) is 0 Å². The molecule has 0 saturated carbocycles. The van der Waals surface area contributed by atoms with Gasteiger partial charge in [-0.05, 0) is 12.0 Å². The van der Waals surface area contributed by atoms with E-state index < -0.39 is 22.7 Å². The Labute approximate surface area is 102 Å². The standard InChI is InChI=1S/C10H12N2O6/c1-6(4-9(13)14)5-11-10(15)7-2-3-8(18-7)12(16)17/h2-3,6H,4-5H2,1H3,(H,11,15)(H,13,14). The van der Waals surface area contributed by atoms with Crippen molar-refractivity contribution in [3.05, 3.63) is 28.0 Å². The summed E-state index contributed by atoms with van der Waals surface area (Å²) in [5.41, 5.74) is 0. The first kappa shape index (κ1) is 13.7. The second kappa shape index (κ2) is 5.80. The molecule has 1 rings (SSSR count). The predicted octanol–water partition coefficient (Wildman–Crippen LogP) is 1.03. The summed E-state index contributed by atoms with van der Waals surface area (Å²) in [6.07, 6.45) is -0.0709. The fourth-order valence-corrected chi connectivity index (χ4v) is 1.27. The highest BCUT2D eigenvalue weighted by molar-refractivity contribution is 5.91. The molecule has 0 saturated heterocycles. The van der Waals surface area contributed by atoms with E-state index in [0.29, 0.717) is 0 Å². The third-order valence-electron chi connectivity index (χ3n) is 2.13. The summed E-state index contributed by atoms with van der Waals surface area (Å²) < 4.78 is 4.69. The van der Waals surface area contributed by atoms with Crippen LogP contribution in [0.3, 0.4) is 0 Å². The molecule has 18 heavy (non-hydrogen) atoms. The Morgan fingerprint density at radius 3 is 2.72 bits per heavy atom. The van der Waals surface area contributed by atoms with E-state index >= 15 is 0 Å². The molecule has 1 amide bonds. The van der Waals surface area contributed by atoms with E-state index in [1.165, 1.54) is 6.07 Å². The van der Waals surface area contributed by atoms with Crippen LogP contribution in [0, 0.1) is 16.0 Å². The number of hydrogen-bond donors (Lipinski definition) is 2. The summed E-state index contributed by atoms with van der Waals surface area (Å²) in [5.74, 6) is -2.50. The van der Waals surface area contributed by atoms with Crippen molar-refractivity contribution in [2.75, 3.05) is 6.54 Å². The highest BCUT2D eigenvalue weighted by Gasteiger charge is 2.17. The number of carbonyl (C=O) groups excluding carboxylic acids is 1. The normalized spacial score (nSPS) is 11.8. The zero-order valence-corrected chi connectivity index (χ0v) is 9.58. The molecule has 0 aliphatic rings. The van der Waals surface area contributed by atoms with Gasteiger partial charge in [-0.3, -0.25) is 19.7 Å². The van der Waals surface area contributed by atoms with Gasteiger partial charge in [0.2, 0.25) is 0 Å². The number of carboxylic acid groups (broad SMARTS) is 1. The quantitative estimate of drug-likeness (QED) is 0.578. The van der Waals surface area contributed by atoms with Crippen LogP contribution >= 0.6 is 0 Å². The third kappa shape index (κ3) is 3.89. The van der Waals surface area contributed by atoms with Gasteiger partial charge < -0.3 is 14.8 Å². The summed E-state index contributed by atoms with van der Waals surface area (Å²) >= 11 is 0. The average Bonchev–Trinajstić information content (AvgIpc) is 2.74. The first-order valence-electron chi connectivity index (χ1n) is 5.14. The molecule has 0 radical (unpaired) electrons. The molecule has 98 valence electrons. The van der Waals surface area contributed by atoms with E-state index in [2.05, 4.69) is 5.32 Å². The van der Waals surface area contributed by atoms with Crippen molar-refractivity contribution in [2.24, 2.45) is 5.92 Å². The number of amides is 1. The number of hydrogen-bond acceptors (Lipinski definition) is 5. The smallest absolute Gasteiger partial charge is 0.433 e. The first-order valence-corrected chi connectivity index (χ1v) is 5.14. The molecule has 1 heterocycles. The monoisotopic (exact) mass is 256 g/mol. The minimum Gasteiger partial charge on any atom is -0.481 e. The molecule has 1 atom stereocenters. The van der Waals surface area contributed by atoms with Crippen molar-refractivity contribution in [2.45, 2.75) is 13.3 Å². The molecular weight excluding hydrogens is 244 g/mol. The lowest BCUT2D eigenvalue weighted by Gasteiger charge is -2.08. The maximum Gasteiger partial charge on any atom is 0.433 e.